The lowest BCUT2D eigenvalue weighted by Crippen LogP contribution is -2.45. The van der Waals surface area contributed by atoms with E-state index in [-0.39, 0.29) is 29.2 Å². The van der Waals surface area contributed by atoms with Gasteiger partial charge in [0.25, 0.3) is 0 Å². The molecule has 2 N–H and O–H groups in total. The Labute approximate surface area is 121 Å². The fourth-order valence-electron chi connectivity index (χ4n) is 2.86. The number of likely N-dealkylation sites (tertiary alicyclic amines) is 1. The van der Waals surface area contributed by atoms with E-state index in [0.717, 1.165) is 26.1 Å². The van der Waals surface area contributed by atoms with Crippen LogP contribution in [0.2, 0.25) is 0 Å². The molecule has 1 aromatic rings. The Morgan fingerprint density at radius 2 is 1.89 bits per heavy atom. The first kappa shape index (κ1) is 16.4. The maximum absolute atomic E-state index is 13.0. The molecule has 1 saturated heterocycles. The third kappa shape index (κ3) is 4.16. The van der Waals surface area contributed by atoms with Gasteiger partial charge in [-0.1, -0.05) is 19.1 Å². The highest BCUT2D eigenvalue weighted by molar-refractivity contribution is 5.85. The van der Waals surface area contributed by atoms with Gasteiger partial charge in [-0.15, -0.1) is 12.4 Å². The maximum Gasteiger partial charge on any atom is 0.123 e. The first-order valence-electron chi connectivity index (χ1n) is 6.56. The van der Waals surface area contributed by atoms with Crippen molar-refractivity contribution in [1.82, 2.24) is 4.90 Å². The van der Waals surface area contributed by atoms with Crippen molar-refractivity contribution in [2.75, 3.05) is 19.6 Å². The van der Waals surface area contributed by atoms with Crippen molar-refractivity contribution < 1.29 is 4.39 Å². The Kier molecular flexibility index (Phi) is 4.99. The summed E-state index contributed by atoms with van der Waals surface area (Å²) in [7, 11) is 0. The van der Waals surface area contributed by atoms with E-state index in [1.54, 1.807) is 12.1 Å². The normalized spacial score (nSPS) is 24.3. The van der Waals surface area contributed by atoms with Crippen molar-refractivity contribution in [2.24, 2.45) is 5.73 Å². The lowest BCUT2D eigenvalue weighted by atomic mass is 9.82. The summed E-state index contributed by atoms with van der Waals surface area (Å²) in [4.78, 5) is 2.41. The average Bonchev–Trinajstić information content (AvgIpc) is 2.59. The summed E-state index contributed by atoms with van der Waals surface area (Å²) in [5.74, 6) is -0.166. The van der Waals surface area contributed by atoms with Crippen LogP contribution in [0.15, 0.2) is 24.3 Å². The van der Waals surface area contributed by atoms with E-state index in [0.29, 0.717) is 0 Å². The van der Waals surface area contributed by atoms with Gasteiger partial charge in [0.15, 0.2) is 0 Å². The SMILES string of the molecule is CC(C)(N)CN1CCC(C)(c2ccc(F)cc2)C1.Cl. The number of hydrogen-bond donors (Lipinski definition) is 1. The highest BCUT2D eigenvalue weighted by Crippen LogP contribution is 2.34. The van der Waals surface area contributed by atoms with Crippen molar-refractivity contribution in [3.8, 4) is 0 Å². The van der Waals surface area contributed by atoms with Crippen LogP contribution in [0.3, 0.4) is 0 Å². The fourth-order valence-corrected chi connectivity index (χ4v) is 2.86. The highest BCUT2D eigenvalue weighted by Gasteiger charge is 2.36. The number of nitrogens with zero attached hydrogens (tertiary/aromatic N) is 1. The molecule has 4 heteroatoms. The third-order valence-electron chi connectivity index (χ3n) is 3.72. The number of rotatable bonds is 3. The van der Waals surface area contributed by atoms with Crippen molar-refractivity contribution in [2.45, 2.75) is 38.1 Å². The zero-order valence-electron chi connectivity index (χ0n) is 11.9. The van der Waals surface area contributed by atoms with Gasteiger partial charge in [0, 0.05) is 24.0 Å². The topological polar surface area (TPSA) is 29.3 Å². The summed E-state index contributed by atoms with van der Waals surface area (Å²) in [6, 6.07) is 6.92. The first-order chi connectivity index (χ1) is 8.28. The van der Waals surface area contributed by atoms with E-state index in [1.807, 2.05) is 12.1 Å². The molecular weight excluding hydrogens is 263 g/mol. The molecule has 1 heterocycles. The van der Waals surface area contributed by atoms with Crippen LogP contribution >= 0.6 is 12.4 Å². The van der Waals surface area contributed by atoms with Crippen LogP contribution in [-0.4, -0.2) is 30.1 Å². The minimum absolute atomic E-state index is 0. The lowest BCUT2D eigenvalue weighted by molar-refractivity contribution is 0.258. The Morgan fingerprint density at radius 3 is 2.42 bits per heavy atom. The first-order valence-corrected chi connectivity index (χ1v) is 6.56. The zero-order valence-corrected chi connectivity index (χ0v) is 12.8. The minimum Gasteiger partial charge on any atom is -0.324 e. The second kappa shape index (κ2) is 5.78. The molecule has 0 saturated carbocycles. The summed E-state index contributed by atoms with van der Waals surface area (Å²) in [6.45, 7) is 9.34. The van der Waals surface area contributed by atoms with Crippen molar-refractivity contribution in [1.29, 1.82) is 0 Å². The van der Waals surface area contributed by atoms with Gasteiger partial charge < -0.3 is 10.6 Å². The molecule has 0 aliphatic carbocycles. The Morgan fingerprint density at radius 1 is 1.32 bits per heavy atom. The summed E-state index contributed by atoms with van der Waals surface area (Å²) in [6.07, 6.45) is 1.11. The van der Waals surface area contributed by atoms with Gasteiger partial charge in [-0.2, -0.15) is 0 Å². The second-order valence-corrected chi connectivity index (χ2v) is 6.52. The smallest absolute Gasteiger partial charge is 0.123 e. The summed E-state index contributed by atoms with van der Waals surface area (Å²) < 4.78 is 13.0. The summed E-state index contributed by atoms with van der Waals surface area (Å²) >= 11 is 0. The van der Waals surface area contributed by atoms with Gasteiger partial charge in [-0.25, -0.2) is 4.39 Å². The van der Waals surface area contributed by atoms with E-state index >= 15 is 0 Å². The zero-order chi connectivity index (χ0) is 13.4. The van der Waals surface area contributed by atoms with Crippen LogP contribution in [0.5, 0.6) is 0 Å². The maximum atomic E-state index is 13.0. The number of benzene rings is 1. The van der Waals surface area contributed by atoms with Crippen LogP contribution < -0.4 is 5.73 Å². The van der Waals surface area contributed by atoms with Crippen LogP contribution in [0, 0.1) is 5.82 Å². The van der Waals surface area contributed by atoms with Gasteiger partial charge >= 0.3 is 0 Å². The molecule has 0 radical (unpaired) electrons. The molecule has 108 valence electrons. The molecule has 1 unspecified atom stereocenters. The number of halogens is 2. The van der Waals surface area contributed by atoms with Gasteiger partial charge in [0.05, 0.1) is 0 Å². The van der Waals surface area contributed by atoms with Crippen LogP contribution in [0.25, 0.3) is 0 Å². The summed E-state index contributed by atoms with van der Waals surface area (Å²) in [5, 5.41) is 0. The average molecular weight is 287 g/mol. The van der Waals surface area contributed by atoms with E-state index in [4.69, 9.17) is 5.73 Å². The largest absolute Gasteiger partial charge is 0.324 e. The Hall–Kier alpha value is -0.640. The third-order valence-corrected chi connectivity index (χ3v) is 3.72. The Balaban J connectivity index is 0.00000180. The molecule has 1 aromatic carbocycles. The molecule has 0 aromatic heterocycles. The van der Waals surface area contributed by atoms with Crippen LogP contribution in [0.4, 0.5) is 4.39 Å². The molecule has 0 bridgehead atoms. The molecule has 1 aliphatic heterocycles. The molecule has 0 spiro atoms. The van der Waals surface area contributed by atoms with Crippen LogP contribution in [0.1, 0.15) is 32.8 Å². The van der Waals surface area contributed by atoms with Crippen molar-refractivity contribution in [3.05, 3.63) is 35.6 Å². The molecule has 1 fully saturated rings. The quantitative estimate of drug-likeness (QED) is 0.926. The number of hydrogen-bond acceptors (Lipinski definition) is 2. The molecular formula is C15H24ClFN2. The molecule has 19 heavy (non-hydrogen) atoms. The monoisotopic (exact) mass is 286 g/mol. The fraction of sp³-hybridized carbons (Fsp3) is 0.600. The van der Waals surface area contributed by atoms with E-state index in [9.17, 15) is 4.39 Å². The van der Waals surface area contributed by atoms with E-state index in [2.05, 4.69) is 25.7 Å². The highest BCUT2D eigenvalue weighted by atomic mass is 35.5. The van der Waals surface area contributed by atoms with Gasteiger partial charge in [-0.05, 0) is 44.5 Å². The van der Waals surface area contributed by atoms with E-state index in [1.165, 1.54) is 5.56 Å². The molecule has 0 amide bonds. The predicted octanol–water partition coefficient (Wildman–Crippen LogP) is 2.95. The standard InChI is InChI=1S/C15H23FN2.ClH/c1-14(2,17)10-18-9-8-15(3,11-18)12-4-6-13(16)7-5-12;/h4-7H,8-11,17H2,1-3H3;1H. The molecule has 2 rings (SSSR count). The molecule has 1 aliphatic rings. The predicted molar refractivity (Wildman–Crippen MR) is 80.3 cm³/mol. The van der Waals surface area contributed by atoms with Gasteiger partial charge in [-0.3, -0.25) is 0 Å². The molecule has 2 nitrogen and oxygen atoms in total. The number of nitrogens with two attached hydrogens (primary N) is 1. The molecule has 1 atom stereocenters. The minimum atomic E-state index is -0.166. The second-order valence-electron chi connectivity index (χ2n) is 6.52. The lowest BCUT2D eigenvalue weighted by Gasteiger charge is -2.29. The van der Waals surface area contributed by atoms with Gasteiger partial charge in [0.1, 0.15) is 5.82 Å². The van der Waals surface area contributed by atoms with Crippen molar-refractivity contribution in [3.63, 3.8) is 0 Å². The van der Waals surface area contributed by atoms with Gasteiger partial charge in [0.2, 0.25) is 0 Å². The Bertz CT molecular complexity index is 413. The summed E-state index contributed by atoms with van der Waals surface area (Å²) in [5.41, 5.74) is 7.26. The van der Waals surface area contributed by atoms with E-state index < -0.39 is 0 Å². The van der Waals surface area contributed by atoms with Crippen LogP contribution in [-0.2, 0) is 5.41 Å². The van der Waals surface area contributed by atoms with Crippen molar-refractivity contribution >= 4 is 12.4 Å².